The third kappa shape index (κ3) is 3.57. The van der Waals surface area contributed by atoms with Gasteiger partial charge < -0.3 is 14.8 Å². The van der Waals surface area contributed by atoms with E-state index in [1.807, 2.05) is 24.3 Å². The molecule has 1 aliphatic heterocycles. The highest BCUT2D eigenvalue weighted by atomic mass is 16.5. The van der Waals surface area contributed by atoms with Crippen molar-refractivity contribution in [1.29, 1.82) is 0 Å². The molecule has 1 atom stereocenters. The second kappa shape index (κ2) is 7.27. The van der Waals surface area contributed by atoms with E-state index in [0.29, 0.717) is 24.6 Å². The van der Waals surface area contributed by atoms with Crippen molar-refractivity contribution in [1.82, 2.24) is 5.32 Å². The fraction of sp³-hybridized carbons (Fsp3) is 0.389. The topological polar surface area (TPSA) is 47.6 Å². The number of hydrogen-bond donors (Lipinski definition) is 1. The van der Waals surface area contributed by atoms with Crippen molar-refractivity contribution in [2.45, 2.75) is 20.0 Å². The summed E-state index contributed by atoms with van der Waals surface area (Å²) in [6.07, 6.45) is 1.35. The number of ether oxygens (including phenoxy) is 2. The molecule has 1 aromatic rings. The Morgan fingerprint density at radius 3 is 2.68 bits per heavy atom. The third-order valence-corrected chi connectivity index (χ3v) is 3.59. The Kier molecular flexibility index (Phi) is 5.39. The molecule has 0 bridgehead atoms. The maximum absolute atomic E-state index is 12.5. The van der Waals surface area contributed by atoms with E-state index in [1.54, 1.807) is 13.2 Å². The summed E-state index contributed by atoms with van der Waals surface area (Å²) in [6, 6.07) is 7.58. The van der Waals surface area contributed by atoms with Gasteiger partial charge in [-0.2, -0.15) is 0 Å². The molecule has 2 rings (SSSR count). The Balaban J connectivity index is 2.24. The molecule has 4 nitrogen and oxygen atoms in total. The quantitative estimate of drug-likeness (QED) is 0.878. The summed E-state index contributed by atoms with van der Waals surface area (Å²) < 4.78 is 11.0. The molecule has 0 saturated carbocycles. The van der Waals surface area contributed by atoms with Crippen LogP contribution in [0.5, 0.6) is 5.75 Å². The summed E-state index contributed by atoms with van der Waals surface area (Å²) >= 11 is 0. The largest absolute Gasteiger partial charge is 0.497 e. The number of carbonyl (C=O) groups is 1. The lowest BCUT2D eigenvalue weighted by atomic mass is 9.98. The first-order chi connectivity index (χ1) is 10.6. The molecule has 0 spiro atoms. The molecule has 22 heavy (non-hydrogen) atoms. The minimum absolute atomic E-state index is 0.0816. The van der Waals surface area contributed by atoms with Gasteiger partial charge in [0.15, 0.2) is 0 Å². The maximum atomic E-state index is 12.5. The first-order valence-electron chi connectivity index (χ1n) is 7.46. The molecule has 1 amide bonds. The van der Waals surface area contributed by atoms with Crippen LogP contribution in [-0.4, -0.2) is 26.2 Å². The Morgan fingerprint density at radius 1 is 1.45 bits per heavy atom. The van der Waals surface area contributed by atoms with Gasteiger partial charge in [-0.1, -0.05) is 38.6 Å². The van der Waals surface area contributed by atoms with Gasteiger partial charge in [-0.05, 0) is 29.2 Å². The molecule has 1 unspecified atom stereocenters. The van der Waals surface area contributed by atoms with E-state index in [1.165, 1.54) is 0 Å². The normalized spacial score (nSPS) is 17.7. The van der Waals surface area contributed by atoms with Crippen LogP contribution in [0.3, 0.4) is 0 Å². The average molecular weight is 301 g/mol. The highest BCUT2D eigenvalue weighted by Gasteiger charge is 2.31. The maximum Gasteiger partial charge on any atom is 0.250 e. The summed E-state index contributed by atoms with van der Waals surface area (Å²) in [5.41, 5.74) is 2.44. The summed E-state index contributed by atoms with van der Waals surface area (Å²) in [5, 5.41) is 2.96. The van der Waals surface area contributed by atoms with Crippen LogP contribution < -0.4 is 10.1 Å². The van der Waals surface area contributed by atoms with Crippen molar-refractivity contribution in [3.05, 3.63) is 53.6 Å². The number of benzene rings is 1. The predicted molar refractivity (Wildman–Crippen MR) is 86.8 cm³/mol. The van der Waals surface area contributed by atoms with Gasteiger partial charge in [0.2, 0.25) is 0 Å². The third-order valence-electron chi connectivity index (χ3n) is 3.59. The van der Waals surface area contributed by atoms with Crippen molar-refractivity contribution < 1.29 is 14.3 Å². The standard InChI is InChI=1S/C18H23NO3/c1-5-13-11-22-17(14-6-8-15(21-4)9-7-14)16(13)18(20)19-10-12(2)3/h5-9,12,17H,1,10-11H2,2-4H3,(H,19,20). The van der Waals surface area contributed by atoms with Gasteiger partial charge in [0.05, 0.1) is 19.3 Å². The van der Waals surface area contributed by atoms with E-state index in [4.69, 9.17) is 9.47 Å². The highest BCUT2D eigenvalue weighted by Crippen LogP contribution is 2.35. The molecule has 0 aliphatic carbocycles. The van der Waals surface area contributed by atoms with Crippen LogP contribution in [0.2, 0.25) is 0 Å². The van der Waals surface area contributed by atoms with Gasteiger partial charge in [-0.25, -0.2) is 0 Å². The second-order valence-electron chi connectivity index (χ2n) is 5.71. The summed E-state index contributed by atoms with van der Waals surface area (Å²) in [4.78, 5) is 12.5. The van der Waals surface area contributed by atoms with E-state index in [-0.39, 0.29) is 12.0 Å². The molecule has 0 fully saturated rings. The number of rotatable bonds is 6. The SMILES string of the molecule is C=CC1=C(C(=O)NCC(C)C)C(c2ccc(OC)cc2)OC1. The zero-order valence-electron chi connectivity index (χ0n) is 13.4. The minimum atomic E-state index is -0.355. The van der Waals surface area contributed by atoms with Gasteiger partial charge in [0, 0.05) is 6.54 Å². The van der Waals surface area contributed by atoms with Crippen molar-refractivity contribution in [2.24, 2.45) is 5.92 Å². The molecule has 1 aliphatic rings. The van der Waals surface area contributed by atoms with Crippen molar-refractivity contribution in [3.8, 4) is 5.75 Å². The lowest BCUT2D eigenvalue weighted by Crippen LogP contribution is -2.30. The van der Waals surface area contributed by atoms with Crippen LogP contribution in [0.15, 0.2) is 48.1 Å². The van der Waals surface area contributed by atoms with Gasteiger partial charge in [-0.3, -0.25) is 4.79 Å². The summed E-state index contributed by atoms with van der Waals surface area (Å²) in [7, 11) is 1.63. The Morgan fingerprint density at radius 2 is 2.14 bits per heavy atom. The number of methoxy groups -OCH3 is 1. The zero-order chi connectivity index (χ0) is 16.1. The van der Waals surface area contributed by atoms with E-state index < -0.39 is 0 Å². The summed E-state index contributed by atoms with van der Waals surface area (Å²) in [5.74, 6) is 1.10. The van der Waals surface area contributed by atoms with Crippen molar-refractivity contribution in [2.75, 3.05) is 20.3 Å². The van der Waals surface area contributed by atoms with E-state index in [0.717, 1.165) is 16.9 Å². The number of nitrogens with one attached hydrogen (secondary N) is 1. The molecule has 118 valence electrons. The molecule has 1 heterocycles. The Labute approximate surface area is 131 Å². The van der Waals surface area contributed by atoms with Crippen LogP contribution in [0.1, 0.15) is 25.5 Å². The number of hydrogen-bond acceptors (Lipinski definition) is 3. The molecular weight excluding hydrogens is 278 g/mol. The first-order valence-corrected chi connectivity index (χ1v) is 7.46. The van der Waals surface area contributed by atoms with Crippen LogP contribution in [0.4, 0.5) is 0 Å². The number of carbonyl (C=O) groups excluding carboxylic acids is 1. The lowest BCUT2D eigenvalue weighted by molar-refractivity contribution is -0.118. The number of amides is 1. The van der Waals surface area contributed by atoms with Crippen LogP contribution in [0.25, 0.3) is 0 Å². The van der Waals surface area contributed by atoms with Gasteiger partial charge in [0.25, 0.3) is 5.91 Å². The Hall–Kier alpha value is -2.07. The van der Waals surface area contributed by atoms with Crippen LogP contribution >= 0.6 is 0 Å². The molecule has 0 saturated heterocycles. The monoisotopic (exact) mass is 301 g/mol. The molecule has 0 radical (unpaired) electrons. The van der Waals surface area contributed by atoms with Crippen LogP contribution in [-0.2, 0) is 9.53 Å². The molecular formula is C18H23NO3. The molecule has 1 aromatic carbocycles. The fourth-order valence-electron chi connectivity index (χ4n) is 2.37. The van der Waals surface area contributed by atoms with Crippen molar-refractivity contribution >= 4 is 5.91 Å². The van der Waals surface area contributed by atoms with E-state index in [9.17, 15) is 4.79 Å². The fourth-order valence-corrected chi connectivity index (χ4v) is 2.37. The lowest BCUT2D eigenvalue weighted by Gasteiger charge is -2.16. The Bertz CT molecular complexity index is 572. The zero-order valence-corrected chi connectivity index (χ0v) is 13.4. The van der Waals surface area contributed by atoms with Gasteiger partial charge >= 0.3 is 0 Å². The molecule has 1 N–H and O–H groups in total. The average Bonchev–Trinajstić information content (AvgIpc) is 2.96. The smallest absolute Gasteiger partial charge is 0.250 e. The van der Waals surface area contributed by atoms with E-state index >= 15 is 0 Å². The molecule has 0 aromatic heterocycles. The van der Waals surface area contributed by atoms with E-state index in [2.05, 4.69) is 25.7 Å². The predicted octanol–water partition coefficient (Wildman–Crippen LogP) is 3.02. The van der Waals surface area contributed by atoms with Gasteiger partial charge in [-0.15, -0.1) is 0 Å². The van der Waals surface area contributed by atoms with Gasteiger partial charge in [0.1, 0.15) is 11.9 Å². The molecule has 4 heteroatoms. The van der Waals surface area contributed by atoms with Crippen molar-refractivity contribution in [3.63, 3.8) is 0 Å². The summed E-state index contributed by atoms with van der Waals surface area (Å²) in [6.45, 7) is 8.97. The highest BCUT2D eigenvalue weighted by molar-refractivity contribution is 5.96. The second-order valence-corrected chi connectivity index (χ2v) is 5.71. The first kappa shape index (κ1) is 16.3. The minimum Gasteiger partial charge on any atom is -0.497 e. The van der Waals surface area contributed by atoms with Crippen LogP contribution in [0, 0.1) is 5.92 Å².